The van der Waals surface area contributed by atoms with E-state index in [1.165, 1.54) is 5.56 Å². The lowest BCUT2D eigenvalue weighted by atomic mass is 9.78. The van der Waals surface area contributed by atoms with E-state index in [-0.39, 0.29) is 17.4 Å². The van der Waals surface area contributed by atoms with Gasteiger partial charge in [-0.15, -0.1) is 0 Å². The fraction of sp³-hybridized carbons (Fsp3) is 0.533. The molecular weight excluding hydrogens is 224 g/mol. The number of hydrogen-bond acceptors (Lipinski definition) is 2. The van der Waals surface area contributed by atoms with Gasteiger partial charge in [-0.3, -0.25) is 4.79 Å². The van der Waals surface area contributed by atoms with E-state index < -0.39 is 5.54 Å². The van der Waals surface area contributed by atoms with Crippen molar-refractivity contribution in [2.75, 3.05) is 0 Å². The van der Waals surface area contributed by atoms with Crippen LogP contribution in [0.25, 0.3) is 0 Å². The Morgan fingerprint density at radius 1 is 1.17 bits per heavy atom. The first-order valence-corrected chi connectivity index (χ1v) is 6.31. The molecule has 1 aromatic carbocycles. The molecule has 0 heterocycles. The van der Waals surface area contributed by atoms with Crippen molar-refractivity contribution < 1.29 is 4.79 Å². The van der Waals surface area contributed by atoms with Crippen molar-refractivity contribution in [3.05, 3.63) is 35.9 Å². The number of carbonyl (C=O) groups is 1. The summed E-state index contributed by atoms with van der Waals surface area (Å²) in [5.74, 6) is -0.126. The Morgan fingerprint density at radius 3 is 2.11 bits per heavy atom. The minimum atomic E-state index is -0.846. The van der Waals surface area contributed by atoms with Crippen LogP contribution >= 0.6 is 0 Å². The zero-order chi connectivity index (χ0) is 14.0. The predicted molar refractivity (Wildman–Crippen MR) is 75.3 cm³/mol. The summed E-state index contributed by atoms with van der Waals surface area (Å²) < 4.78 is 0. The third-order valence-corrected chi connectivity index (χ3v) is 3.53. The first kappa shape index (κ1) is 14.7. The van der Waals surface area contributed by atoms with Crippen molar-refractivity contribution in [2.24, 2.45) is 5.73 Å². The molecule has 0 radical (unpaired) electrons. The summed E-state index contributed by atoms with van der Waals surface area (Å²) in [5.41, 5.74) is 6.02. The van der Waals surface area contributed by atoms with E-state index in [9.17, 15) is 4.79 Å². The minimum Gasteiger partial charge on any atom is -0.351 e. The first-order valence-electron chi connectivity index (χ1n) is 6.31. The van der Waals surface area contributed by atoms with E-state index in [1.807, 2.05) is 25.1 Å². The van der Waals surface area contributed by atoms with Gasteiger partial charge in [0.2, 0.25) is 5.91 Å². The van der Waals surface area contributed by atoms with E-state index in [1.54, 1.807) is 13.8 Å². The van der Waals surface area contributed by atoms with E-state index in [4.69, 9.17) is 5.73 Å². The van der Waals surface area contributed by atoms with Crippen molar-refractivity contribution in [3.8, 4) is 0 Å². The van der Waals surface area contributed by atoms with Crippen molar-refractivity contribution in [1.82, 2.24) is 5.32 Å². The van der Waals surface area contributed by atoms with Crippen LogP contribution in [0.2, 0.25) is 0 Å². The van der Waals surface area contributed by atoms with Crippen LogP contribution in [0, 0.1) is 0 Å². The number of rotatable bonds is 4. The normalized spacial score (nSPS) is 14.1. The van der Waals surface area contributed by atoms with Gasteiger partial charge in [-0.25, -0.2) is 0 Å². The van der Waals surface area contributed by atoms with Gasteiger partial charge in [0, 0.05) is 11.5 Å². The Balaban J connectivity index is 2.84. The third kappa shape index (κ3) is 3.33. The molecule has 100 valence electrons. The zero-order valence-electron chi connectivity index (χ0n) is 11.9. The van der Waals surface area contributed by atoms with Gasteiger partial charge in [0.1, 0.15) is 0 Å². The van der Waals surface area contributed by atoms with Crippen LogP contribution in [0.5, 0.6) is 0 Å². The lowest BCUT2D eigenvalue weighted by Crippen LogP contribution is -2.55. The lowest BCUT2D eigenvalue weighted by Gasteiger charge is -2.34. The fourth-order valence-electron chi connectivity index (χ4n) is 1.68. The molecule has 1 unspecified atom stereocenters. The van der Waals surface area contributed by atoms with Crippen LogP contribution in [-0.2, 0) is 10.2 Å². The summed E-state index contributed by atoms with van der Waals surface area (Å²) in [4.78, 5) is 11.9. The molecule has 0 aliphatic carbocycles. The van der Waals surface area contributed by atoms with Crippen molar-refractivity contribution in [3.63, 3.8) is 0 Å². The van der Waals surface area contributed by atoms with Gasteiger partial charge in [-0.1, -0.05) is 44.2 Å². The summed E-state index contributed by atoms with van der Waals surface area (Å²) in [5, 5.41) is 2.99. The predicted octanol–water partition coefficient (Wildman–Crippen LogP) is 2.21. The molecule has 0 spiro atoms. The quantitative estimate of drug-likeness (QED) is 0.858. The van der Waals surface area contributed by atoms with Gasteiger partial charge in [0.25, 0.3) is 0 Å². The molecule has 1 atom stereocenters. The van der Waals surface area contributed by atoms with Crippen LogP contribution in [0.1, 0.15) is 40.2 Å². The molecular formula is C15H24N2O. The van der Waals surface area contributed by atoms with Gasteiger partial charge < -0.3 is 11.1 Å². The summed E-state index contributed by atoms with van der Waals surface area (Å²) in [6.45, 7) is 9.68. The van der Waals surface area contributed by atoms with Crippen LogP contribution < -0.4 is 11.1 Å². The van der Waals surface area contributed by atoms with Crippen LogP contribution in [0.3, 0.4) is 0 Å². The molecule has 0 bridgehead atoms. The Labute approximate surface area is 110 Å². The average Bonchev–Trinajstić information content (AvgIpc) is 2.28. The highest BCUT2D eigenvalue weighted by Crippen LogP contribution is 2.26. The van der Waals surface area contributed by atoms with Crippen molar-refractivity contribution in [1.29, 1.82) is 0 Å². The molecule has 18 heavy (non-hydrogen) atoms. The number of amides is 1. The van der Waals surface area contributed by atoms with E-state index >= 15 is 0 Å². The summed E-state index contributed by atoms with van der Waals surface area (Å²) in [7, 11) is 0. The Kier molecular flexibility index (Phi) is 4.17. The van der Waals surface area contributed by atoms with Gasteiger partial charge >= 0.3 is 0 Å². The lowest BCUT2D eigenvalue weighted by molar-refractivity contribution is -0.126. The molecule has 1 amide bonds. The molecule has 0 aliphatic heterocycles. The molecule has 3 heteroatoms. The van der Waals surface area contributed by atoms with E-state index in [2.05, 4.69) is 31.3 Å². The Bertz CT molecular complexity index is 404. The molecule has 0 saturated heterocycles. The topological polar surface area (TPSA) is 55.1 Å². The van der Waals surface area contributed by atoms with Crippen LogP contribution in [0.15, 0.2) is 30.3 Å². The molecule has 3 nitrogen and oxygen atoms in total. The molecule has 1 aromatic rings. The van der Waals surface area contributed by atoms with Crippen molar-refractivity contribution >= 4 is 5.91 Å². The molecule has 1 rings (SSSR count). The number of carbonyl (C=O) groups excluding carboxylic acids is 1. The molecule has 0 saturated carbocycles. The standard InChI is InChI=1S/C15H24N2O/c1-11(17-13(18)15(4,5)16)14(2,3)12-9-7-6-8-10-12/h6-11H,16H2,1-5H3,(H,17,18). The van der Waals surface area contributed by atoms with E-state index in [0.717, 1.165) is 0 Å². The van der Waals surface area contributed by atoms with Gasteiger partial charge in [0.05, 0.1) is 5.54 Å². The summed E-state index contributed by atoms with van der Waals surface area (Å²) in [6, 6.07) is 10.2. The maximum absolute atomic E-state index is 11.9. The minimum absolute atomic E-state index is 0.00947. The maximum atomic E-state index is 11.9. The highest BCUT2D eigenvalue weighted by Gasteiger charge is 2.32. The average molecular weight is 248 g/mol. The summed E-state index contributed by atoms with van der Waals surface area (Å²) >= 11 is 0. The summed E-state index contributed by atoms with van der Waals surface area (Å²) in [6.07, 6.45) is 0. The Hall–Kier alpha value is -1.35. The molecule has 0 fully saturated rings. The largest absolute Gasteiger partial charge is 0.351 e. The molecule has 0 aliphatic rings. The highest BCUT2D eigenvalue weighted by molar-refractivity contribution is 5.85. The number of nitrogens with two attached hydrogens (primary N) is 1. The van der Waals surface area contributed by atoms with Crippen molar-refractivity contribution in [2.45, 2.75) is 51.6 Å². The highest BCUT2D eigenvalue weighted by atomic mass is 16.2. The second kappa shape index (κ2) is 5.11. The first-order chi connectivity index (χ1) is 8.15. The number of hydrogen-bond donors (Lipinski definition) is 2. The second-order valence-corrected chi connectivity index (χ2v) is 6.00. The van der Waals surface area contributed by atoms with Gasteiger partial charge in [0.15, 0.2) is 0 Å². The SMILES string of the molecule is CC(NC(=O)C(C)(C)N)C(C)(C)c1ccccc1. The molecule has 3 N–H and O–H groups in total. The van der Waals surface area contributed by atoms with Crippen LogP contribution in [-0.4, -0.2) is 17.5 Å². The van der Waals surface area contributed by atoms with Gasteiger partial charge in [-0.2, -0.15) is 0 Å². The maximum Gasteiger partial charge on any atom is 0.239 e. The van der Waals surface area contributed by atoms with E-state index in [0.29, 0.717) is 0 Å². The molecule has 0 aromatic heterocycles. The number of nitrogens with one attached hydrogen (secondary N) is 1. The Morgan fingerprint density at radius 2 is 1.67 bits per heavy atom. The van der Waals surface area contributed by atoms with Gasteiger partial charge in [-0.05, 0) is 26.3 Å². The monoisotopic (exact) mass is 248 g/mol. The smallest absolute Gasteiger partial charge is 0.239 e. The van der Waals surface area contributed by atoms with Crippen LogP contribution in [0.4, 0.5) is 0 Å². The number of benzene rings is 1. The third-order valence-electron chi connectivity index (χ3n) is 3.53. The zero-order valence-corrected chi connectivity index (χ0v) is 11.9. The fourth-order valence-corrected chi connectivity index (χ4v) is 1.68. The second-order valence-electron chi connectivity index (χ2n) is 6.00.